The summed E-state index contributed by atoms with van der Waals surface area (Å²) in [4.78, 5) is 1.96. The van der Waals surface area contributed by atoms with Crippen molar-refractivity contribution >= 4 is 21.7 Å². The number of anilines is 1. The molecule has 20 heavy (non-hydrogen) atoms. The summed E-state index contributed by atoms with van der Waals surface area (Å²) in [5, 5.41) is 7.40. The van der Waals surface area contributed by atoms with Gasteiger partial charge in [-0.25, -0.2) is 0 Å². The Balaban J connectivity index is 2.52. The first-order valence-corrected chi connectivity index (χ1v) is 7.34. The summed E-state index contributed by atoms with van der Waals surface area (Å²) in [6.45, 7) is 4.34. The molecule has 0 fully saturated rings. The fraction of sp³-hybridized carbons (Fsp3) is 0.400. The minimum atomic E-state index is 0.473. The molecule has 0 radical (unpaired) electrons. The van der Waals surface area contributed by atoms with Crippen molar-refractivity contribution in [3.8, 4) is 17.0 Å². The summed E-state index contributed by atoms with van der Waals surface area (Å²) in [7, 11) is 5.62. The molecule has 4 nitrogen and oxygen atoms in total. The Morgan fingerprint density at radius 1 is 1.30 bits per heavy atom. The summed E-state index contributed by atoms with van der Waals surface area (Å²) in [5.41, 5.74) is 3.19. The maximum Gasteiger partial charge on any atom is 0.164 e. The van der Waals surface area contributed by atoms with E-state index >= 15 is 0 Å². The molecule has 0 amide bonds. The first-order valence-electron chi connectivity index (χ1n) is 6.55. The van der Waals surface area contributed by atoms with Gasteiger partial charge >= 0.3 is 0 Å². The summed E-state index contributed by atoms with van der Waals surface area (Å²) in [5.74, 6) is 2.20. The quantitative estimate of drug-likeness (QED) is 0.915. The predicted octanol–water partition coefficient (Wildman–Crippen LogP) is 4.04. The molecule has 108 valence electrons. The van der Waals surface area contributed by atoms with E-state index in [-0.39, 0.29) is 0 Å². The lowest BCUT2D eigenvalue weighted by Crippen LogP contribution is -2.09. The molecule has 0 saturated heterocycles. The van der Waals surface area contributed by atoms with Crippen molar-refractivity contribution in [2.75, 3.05) is 26.1 Å². The smallest absolute Gasteiger partial charge is 0.164 e. The molecule has 0 spiro atoms. The van der Waals surface area contributed by atoms with Gasteiger partial charge < -0.3 is 9.64 Å². The number of halogens is 1. The maximum atomic E-state index is 5.53. The van der Waals surface area contributed by atoms with Crippen LogP contribution in [0.3, 0.4) is 0 Å². The first kappa shape index (κ1) is 14.9. The number of benzene rings is 1. The van der Waals surface area contributed by atoms with Crippen molar-refractivity contribution in [2.24, 2.45) is 0 Å². The van der Waals surface area contributed by atoms with Crippen molar-refractivity contribution in [2.45, 2.75) is 19.8 Å². The van der Waals surface area contributed by atoms with Gasteiger partial charge in [0.15, 0.2) is 5.82 Å². The molecule has 1 N–H and O–H groups in total. The zero-order valence-electron chi connectivity index (χ0n) is 12.5. The average Bonchev–Trinajstić information content (AvgIpc) is 2.79. The van der Waals surface area contributed by atoms with Crippen LogP contribution in [0.25, 0.3) is 11.3 Å². The molecule has 1 aromatic carbocycles. The van der Waals surface area contributed by atoms with Crippen LogP contribution in [0.15, 0.2) is 22.7 Å². The van der Waals surface area contributed by atoms with Crippen molar-refractivity contribution in [1.29, 1.82) is 0 Å². The Morgan fingerprint density at radius 2 is 2.00 bits per heavy atom. The van der Waals surface area contributed by atoms with E-state index in [9.17, 15) is 0 Å². The highest BCUT2D eigenvalue weighted by molar-refractivity contribution is 9.10. The van der Waals surface area contributed by atoms with E-state index in [0.29, 0.717) is 5.92 Å². The average molecular weight is 338 g/mol. The molecule has 0 unspecified atom stereocenters. The number of rotatable bonds is 4. The third kappa shape index (κ3) is 2.68. The van der Waals surface area contributed by atoms with Crippen LogP contribution >= 0.6 is 15.9 Å². The zero-order chi connectivity index (χ0) is 14.9. The van der Waals surface area contributed by atoms with Crippen molar-refractivity contribution in [3.63, 3.8) is 0 Å². The Hall–Kier alpha value is -1.49. The molecule has 0 aliphatic rings. The molecule has 0 saturated carbocycles. The van der Waals surface area contributed by atoms with Crippen LogP contribution in [-0.4, -0.2) is 31.4 Å². The highest BCUT2D eigenvalue weighted by Gasteiger charge is 2.17. The second-order valence-corrected chi connectivity index (χ2v) is 6.04. The van der Waals surface area contributed by atoms with Gasteiger partial charge in [0.2, 0.25) is 0 Å². The van der Waals surface area contributed by atoms with Gasteiger partial charge in [0.25, 0.3) is 0 Å². The number of nitrogens with one attached hydrogen (secondary N) is 1. The monoisotopic (exact) mass is 337 g/mol. The fourth-order valence-electron chi connectivity index (χ4n) is 2.07. The molecule has 0 bridgehead atoms. The second-order valence-electron chi connectivity index (χ2n) is 5.25. The molecule has 1 aromatic heterocycles. The fourth-order valence-corrected chi connectivity index (χ4v) is 2.81. The largest absolute Gasteiger partial charge is 0.496 e. The number of nitrogens with zero attached hydrogens (tertiary/aromatic N) is 2. The topological polar surface area (TPSA) is 41.1 Å². The van der Waals surface area contributed by atoms with Crippen LogP contribution in [0.1, 0.15) is 25.3 Å². The third-order valence-electron chi connectivity index (χ3n) is 3.27. The lowest BCUT2D eigenvalue weighted by atomic mass is 10.00. The van der Waals surface area contributed by atoms with Crippen LogP contribution in [0.4, 0.5) is 5.82 Å². The summed E-state index contributed by atoms with van der Waals surface area (Å²) in [6.07, 6.45) is 0. The number of aromatic nitrogens is 2. The summed E-state index contributed by atoms with van der Waals surface area (Å²) in [6, 6.07) is 6.29. The Kier molecular flexibility index (Phi) is 4.38. The molecular weight excluding hydrogens is 318 g/mol. The number of methoxy groups -OCH3 is 1. The number of hydrogen-bond donors (Lipinski definition) is 1. The number of H-pyrrole nitrogens is 1. The van der Waals surface area contributed by atoms with Crippen molar-refractivity contribution < 1.29 is 4.74 Å². The molecule has 2 rings (SSSR count). The normalized spacial score (nSPS) is 10.9. The Bertz CT molecular complexity index is 605. The van der Waals surface area contributed by atoms with Crippen LogP contribution in [0.5, 0.6) is 5.75 Å². The SMILES string of the molecule is COc1cc(C(C)C)ccc1-c1[nH]nc(N(C)C)c1Br. The first-order chi connectivity index (χ1) is 9.45. The van der Waals surface area contributed by atoms with E-state index in [1.807, 2.05) is 19.0 Å². The summed E-state index contributed by atoms with van der Waals surface area (Å²) < 4.78 is 6.48. The number of hydrogen-bond acceptors (Lipinski definition) is 3. The predicted molar refractivity (Wildman–Crippen MR) is 86.7 cm³/mol. The minimum absolute atomic E-state index is 0.473. The molecular formula is C15H20BrN3O. The van der Waals surface area contributed by atoms with Gasteiger partial charge in [-0.3, -0.25) is 5.10 Å². The van der Waals surface area contributed by atoms with E-state index in [0.717, 1.165) is 27.3 Å². The van der Waals surface area contributed by atoms with Crippen LogP contribution in [-0.2, 0) is 0 Å². The van der Waals surface area contributed by atoms with Crippen LogP contribution in [0, 0.1) is 0 Å². The number of ether oxygens (including phenoxy) is 1. The van der Waals surface area contributed by atoms with E-state index in [1.165, 1.54) is 5.56 Å². The number of aromatic amines is 1. The van der Waals surface area contributed by atoms with Gasteiger partial charge in [-0.2, -0.15) is 5.10 Å². The maximum absolute atomic E-state index is 5.53. The van der Waals surface area contributed by atoms with Crippen LogP contribution < -0.4 is 9.64 Å². The van der Waals surface area contributed by atoms with Crippen LogP contribution in [0.2, 0.25) is 0 Å². The zero-order valence-corrected chi connectivity index (χ0v) is 14.1. The van der Waals surface area contributed by atoms with E-state index < -0.39 is 0 Å². The molecule has 0 atom stereocenters. The van der Waals surface area contributed by atoms with Gasteiger partial charge in [0.1, 0.15) is 5.75 Å². The lowest BCUT2D eigenvalue weighted by molar-refractivity contribution is 0.415. The second kappa shape index (κ2) is 5.87. The van der Waals surface area contributed by atoms with Gasteiger partial charge in [-0.1, -0.05) is 19.9 Å². The van der Waals surface area contributed by atoms with E-state index in [2.05, 4.69) is 58.2 Å². The lowest BCUT2D eigenvalue weighted by Gasteiger charge is -2.12. The van der Waals surface area contributed by atoms with Crippen molar-refractivity contribution in [1.82, 2.24) is 10.2 Å². The molecule has 2 aromatic rings. The molecule has 5 heteroatoms. The standard InChI is InChI=1S/C15H20BrN3O/c1-9(2)10-6-7-11(12(8-10)20-5)14-13(16)15(18-17-14)19(3)4/h6-9H,1-5H3,(H,17,18). The van der Waals surface area contributed by atoms with E-state index in [1.54, 1.807) is 7.11 Å². The minimum Gasteiger partial charge on any atom is -0.496 e. The summed E-state index contributed by atoms with van der Waals surface area (Å²) >= 11 is 3.61. The van der Waals surface area contributed by atoms with Gasteiger partial charge in [0.05, 0.1) is 17.3 Å². The Morgan fingerprint density at radius 3 is 2.50 bits per heavy atom. The van der Waals surface area contributed by atoms with E-state index in [4.69, 9.17) is 4.74 Å². The third-order valence-corrected chi connectivity index (χ3v) is 4.03. The van der Waals surface area contributed by atoms with Gasteiger partial charge in [-0.05, 0) is 39.5 Å². The van der Waals surface area contributed by atoms with Gasteiger partial charge in [-0.15, -0.1) is 0 Å². The molecule has 1 heterocycles. The highest BCUT2D eigenvalue weighted by Crippen LogP contribution is 2.38. The van der Waals surface area contributed by atoms with Gasteiger partial charge in [0, 0.05) is 19.7 Å². The Labute approximate surface area is 128 Å². The highest BCUT2D eigenvalue weighted by atomic mass is 79.9. The molecule has 0 aliphatic heterocycles. The molecule has 0 aliphatic carbocycles. The van der Waals surface area contributed by atoms with Crippen molar-refractivity contribution in [3.05, 3.63) is 28.2 Å².